The number of halogens is 1. The van der Waals surface area contributed by atoms with Gasteiger partial charge < -0.3 is 10.8 Å². The highest BCUT2D eigenvalue weighted by atomic mass is 35.5. The van der Waals surface area contributed by atoms with Gasteiger partial charge in [0.2, 0.25) is 0 Å². The lowest BCUT2D eigenvalue weighted by Crippen LogP contribution is -2.36. The minimum Gasteiger partial charge on any atom is -0.480 e. The molecule has 3 N–H and O–H groups in total. The standard InChI is InChI=1S/C8H17NO2.ClH/c1-3-4-5-6(2)7(9)8(10)11;/h6-7H,3-5,9H2,1-2H3,(H,10,11);1H/t6-,7?;/m0./s1. The molecular weight excluding hydrogens is 178 g/mol. The lowest BCUT2D eigenvalue weighted by molar-refractivity contribution is -0.139. The normalized spacial score (nSPS) is 14.6. The molecule has 0 aliphatic carbocycles. The van der Waals surface area contributed by atoms with Crippen LogP contribution in [0.2, 0.25) is 0 Å². The summed E-state index contributed by atoms with van der Waals surface area (Å²) in [5, 5.41) is 8.53. The highest BCUT2D eigenvalue weighted by molar-refractivity contribution is 5.85. The molecule has 1 unspecified atom stereocenters. The number of nitrogens with two attached hydrogens (primary N) is 1. The summed E-state index contributed by atoms with van der Waals surface area (Å²) in [5.74, 6) is -0.805. The first-order valence-electron chi connectivity index (χ1n) is 4.08. The molecule has 0 aromatic carbocycles. The van der Waals surface area contributed by atoms with E-state index < -0.39 is 12.0 Å². The van der Waals surface area contributed by atoms with Crippen LogP contribution < -0.4 is 5.73 Å². The Morgan fingerprint density at radius 3 is 2.42 bits per heavy atom. The van der Waals surface area contributed by atoms with Crippen molar-refractivity contribution in [1.29, 1.82) is 0 Å². The fourth-order valence-electron chi connectivity index (χ4n) is 0.949. The van der Waals surface area contributed by atoms with Gasteiger partial charge in [-0.3, -0.25) is 4.79 Å². The largest absolute Gasteiger partial charge is 0.480 e. The van der Waals surface area contributed by atoms with Crippen LogP contribution in [0.15, 0.2) is 0 Å². The second-order valence-corrected chi connectivity index (χ2v) is 2.98. The lowest BCUT2D eigenvalue weighted by Gasteiger charge is -2.14. The molecule has 0 bridgehead atoms. The van der Waals surface area contributed by atoms with Gasteiger partial charge in [-0.25, -0.2) is 0 Å². The molecule has 2 atom stereocenters. The summed E-state index contributed by atoms with van der Waals surface area (Å²) >= 11 is 0. The molecule has 3 nitrogen and oxygen atoms in total. The first kappa shape index (κ1) is 14.3. The smallest absolute Gasteiger partial charge is 0.320 e. The maximum absolute atomic E-state index is 10.4. The van der Waals surface area contributed by atoms with Gasteiger partial charge in [0.05, 0.1) is 0 Å². The second kappa shape index (κ2) is 7.37. The van der Waals surface area contributed by atoms with Crippen molar-refractivity contribution >= 4 is 18.4 Å². The zero-order valence-electron chi connectivity index (χ0n) is 7.62. The van der Waals surface area contributed by atoms with E-state index in [0.717, 1.165) is 19.3 Å². The first-order valence-corrected chi connectivity index (χ1v) is 4.08. The molecule has 0 fully saturated rings. The monoisotopic (exact) mass is 195 g/mol. The van der Waals surface area contributed by atoms with Gasteiger partial charge in [0.25, 0.3) is 0 Å². The van der Waals surface area contributed by atoms with Crippen LogP contribution in [0.25, 0.3) is 0 Å². The molecule has 0 radical (unpaired) electrons. The van der Waals surface area contributed by atoms with Crippen LogP contribution >= 0.6 is 12.4 Å². The topological polar surface area (TPSA) is 63.3 Å². The summed E-state index contributed by atoms with van der Waals surface area (Å²) in [6, 6.07) is -0.693. The Kier molecular flexibility index (Phi) is 8.76. The van der Waals surface area contributed by atoms with Crippen molar-refractivity contribution in [3.8, 4) is 0 Å². The van der Waals surface area contributed by atoms with Gasteiger partial charge >= 0.3 is 5.97 Å². The average molecular weight is 196 g/mol. The fourth-order valence-corrected chi connectivity index (χ4v) is 0.949. The third-order valence-corrected chi connectivity index (χ3v) is 1.91. The summed E-state index contributed by atoms with van der Waals surface area (Å²) in [4.78, 5) is 10.4. The molecule has 0 spiro atoms. The van der Waals surface area contributed by atoms with Crippen molar-refractivity contribution < 1.29 is 9.90 Å². The Bertz CT molecular complexity index is 130. The lowest BCUT2D eigenvalue weighted by atomic mass is 9.97. The number of carboxylic acid groups (broad SMARTS) is 1. The number of unbranched alkanes of at least 4 members (excludes halogenated alkanes) is 1. The van der Waals surface area contributed by atoms with E-state index in [4.69, 9.17) is 10.8 Å². The number of hydrogen-bond donors (Lipinski definition) is 2. The number of carbonyl (C=O) groups is 1. The van der Waals surface area contributed by atoms with Gasteiger partial charge in [0.1, 0.15) is 6.04 Å². The minimum atomic E-state index is -0.895. The van der Waals surface area contributed by atoms with Crippen molar-refractivity contribution in [1.82, 2.24) is 0 Å². The van der Waals surface area contributed by atoms with E-state index in [2.05, 4.69) is 6.92 Å². The van der Waals surface area contributed by atoms with Crippen LogP contribution in [0.4, 0.5) is 0 Å². The predicted molar refractivity (Wildman–Crippen MR) is 51.5 cm³/mol. The van der Waals surface area contributed by atoms with Gasteiger partial charge in [-0.15, -0.1) is 12.4 Å². The number of hydrogen-bond acceptors (Lipinski definition) is 2. The molecule has 4 heteroatoms. The summed E-state index contributed by atoms with van der Waals surface area (Å²) in [6.07, 6.45) is 3.06. The second-order valence-electron chi connectivity index (χ2n) is 2.98. The third kappa shape index (κ3) is 5.38. The van der Waals surface area contributed by atoms with Crippen LogP contribution in [0, 0.1) is 5.92 Å². The van der Waals surface area contributed by atoms with Crippen LogP contribution in [-0.4, -0.2) is 17.1 Å². The molecule has 12 heavy (non-hydrogen) atoms. The zero-order chi connectivity index (χ0) is 8.85. The summed E-state index contributed by atoms with van der Waals surface area (Å²) < 4.78 is 0. The number of carboxylic acids is 1. The zero-order valence-corrected chi connectivity index (χ0v) is 8.43. The average Bonchev–Trinajstić information content (AvgIpc) is 1.98. The predicted octanol–water partition coefficient (Wildman–Crippen LogP) is 1.65. The molecule has 0 aromatic rings. The maximum Gasteiger partial charge on any atom is 0.320 e. The molecule has 0 amide bonds. The highest BCUT2D eigenvalue weighted by Gasteiger charge is 2.18. The number of aliphatic carboxylic acids is 1. The maximum atomic E-state index is 10.4. The Morgan fingerprint density at radius 2 is 2.08 bits per heavy atom. The Labute approximate surface area is 79.7 Å². The summed E-state index contributed by atoms with van der Waals surface area (Å²) in [7, 11) is 0. The molecule has 0 aromatic heterocycles. The molecule has 0 saturated heterocycles. The van der Waals surface area contributed by atoms with Crippen LogP contribution in [0.1, 0.15) is 33.1 Å². The SMILES string of the molecule is CCCC[C@H](C)C(N)C(=O)O.Cl. The van der Waals surface area contributed by atoms with Crippen molar-refractivity contribution in [2.45, 2.75) is 39.2 Å². The molecule has 74 valence electrons. The molecule has 0 aliphatic heterocycles. The van der Waals surface area contributed by atoms with Crippen LogP contribution in [0.3, 0.4) is 0 Å². The van der Waals surface area contributed by atoms with E-state index in [1.165, 1.54) is 0 Å². The Balaban J connectivity index is 0. The molecule has 0 rings (SSSR count). The summed E-state index contributed by atoms with van der Waals surface area (Å²) in [5.41, 5.74) is 5.40. The number of rotatable bonds is 5. The fraction of sp³-hybridized carbons (Fsp3) is 0.875. The molecule has 0 aliphatic rings. The Hall–Kier alpha value is -0.280. The first-order chi connectivity index (χ1) is 5.09. The van der Waals surface area contributed by atoms with E-state index in [1.54, 1.807) is 0 Å². The van der Waals surface area contributed by atoms with E-state index in [1.807, 2.05) is 6.92 Å². The summed E-state index contributed by atoms with van der Waals surface area (Å²) in [6.45, 7) is 3.97. The van der Waals surface area contributed by atoms with E-state index >= 15 is 0 Å². The van der Waals surface area contributed by atoms with Crippen LogP contribution in [0.5, 0.6) is 0 Å². The molecular formula is C8H18ClNO2. The van der Waals surface area contributed by atoms with Gasteiger partial charge in [-0.05, 0) is 12.3 Å². The van der Waals surface area contributed by atoms with Gasteiger partial charge in [-0.2, -0.15) is 0 Å². The van der Waals surface area contributed by atoms with Gasteiger partial charge in [-0.1, -0.05) is 26.7 Å². The van der Waals surface area contributed by atoms with E-state index in [9.17, 15) is 4.79 Å². The van der Waals surface area contributed by atoms with E-state index in [0.29, 0.717) is 0 Å². The van der Waals surface area contributed by atoms with Crippen molar-refractivity contribution in [3.63, 3.8) is 0 Å². The van der Waals surface area contributed by atoms with Crippen LogP contribution in [-0.2, 0) is 4.79 Å². The van der Waals surface area contributed by atoms with Gasteiger partial charge in [0.15, 0.2) is 0 Å². The van der Waals surface area contributed by atoms with Crippen molar-refractivity contribution in [3.05, 3.63) is 0 Å². The molecule has 0 saturated carbocycles. The Morgan fingerprint density at radius 1 is 1.58 bits per heavy atom. The minimum absolute atomic E-state index is 0. The quantitative estimate of drug-likeness (QED) is 0.701. The van der Waals surface area contributed by atoms with Crippen molar-refractivity contribution in [2.75, 3.05) is 0 Å². The molecule has 0 heterocycles. The third-order valence-electron chi connectivity index (χ3n) is 1.91. The highest BCUT2D eigenvalue weighted by Crippen LogP contribution is 2.10. The van der Waals surface area contributed by atoms with Crippen molar-refractivity contribution in [2.24, 2.45) is 11.7 Å². The van der Waals surface area contributed by atoms with E-state index in [-0.39, 0.29) is 18.3 Å². The van der Waals surface area contributed by atoms with Gasteiger partial charge in [0, 0.05) is 0 Å².